The number of fused-ring (bicyclic) bond motifs is 3. The maximum atomic E-state index is 5.66. The normalized spacial score (nSPS) is 27.1. The monoisotopic (exact) mass is 243 g/mol. The number of morpholine rings is 1. The van der Waals surface area contributed by atoms with Crippen LogP contribution < -0.4 is 4.90 Å². The molecule has 0 N–H and O–H groups in total. The van der Waals surface area contributed by atoms with Crippen molar-refractivity contribution in [3.05, 3.63) is 24.5 Å². The highest BCUT2D eigenvalue weighted by Gasteiger charge is 2.38. The standard InChI is InChI=1S/C14H17N3O/c1-16-9-15-14-12(16)3-2-4-13(14)17-10-5-6-11(17)8-18-7-10/h2-4,9-11H,5-8H2,1H3. The number of aryl methyl sites for hydroxylation is 1. The Morgan fingerprint density at radius 3 is 2.78 bits per heavy atom. The summed E-state index contributed by atoms with van der Waals surface area (Å²) in [4.78, 5) is 7.11. The Hall–Kier alpha value is -1.55. The molecular formula is C14H17N3O. The summed E-state index contributed by atoms with van der Waals surface area (Å²) in [5, 5.41) is 0. The van der Waals surface area contributed by atoms with Gasteiger partial charge in [0.25, 0.3) is 0 Å². The molecule has 0 aliphatic carbocycles. The lowest BCUT2D eigenvalue weighted by atomic mass is 10.2. The molecule has 3 heterocycles. The van der Waals surface area contributed by atoms with Gasteiger partial charge in [-0.2, -0.15) is 0 Å². The molecular weight excluding hydrogens is 226 g/mol. The second kappa shape index (κ2) is 3.72. The minimum Gasteiger partial charge on any atom is -0.377 e. The van der Waals surface area contributed by atoms with Gasteiger partial charge >= 0.3 is 0 Å². The second-order valence-corrected chi connectivity index (χ2v) is 5.33. The van der Waals surface area contributed by atoms with Crippen molar-refractivity contribution in [2.45, 2.75) is 24.9 Å². The van der Waals surface area contributed by atoms with Crippen LogP contribution in [0.25, 0.3) is 11.0 Å². The van der Waals surface area contributed by atoms with E-state index in [1.165, 1.54) is 24.0 Å². The van der Waals surface area contributed by atoms with Crippen LogP contribution in [-0.4, -0.2) is 34.8 Å². The molecule has 2 aliphatic heterocycles. The molecule has 4 rings (SSSR count). The minimum atomic E-state index is 0.538. The molecule has 2 aliphatic rings. The van der Waals surface area contributed by atoms with Crippen LogP contribution in [0, 0.1) is 0 Å². The average Bonchev–Trinajstić information content (AvgIpc) is 2.88. The molecule has 18 heavy (non-hydrogen) atoms. The summed E-state index contributed by atoms with van der Waals surface area (Å²) in [6, 6.07) is 7.54. The van der Waals surface area contributed by atoms with E-state index < -0.39 is 0 Å². The van der Waals surface area contributed by atoms with Crippen LogP contribution >= 0.6 is 0 Å². The number of anilines is 1. The molecule has 4 nitrogen and oxygen atoms in total. The van der Waals surface area contributed by atoms with Crippen molar-refractivity contribution in [1.82, 2.24) is 9.55 Å². The topological polar surface area (TPSA) is 30.3 Å². The molecule has 2 unspecified atom stereocenters. The predicted molar refractivity (Wildman–Crippen MR) is 70.8 cm³/mol. The van der Waals surface area contributed by atoms with E-state index in [0.717, 1.165) is 18.7 Å². The van der Waals surface area contributed by atoms with Gasteiger partial charge in [0, 0.05) is 7.05 Å². The van der Waals surface area contributed by atoms with E-state index in [9.17, 15) is 0 Å². The molecule has 2 saturated heterocycles. The highest BCUT2D eigenvalue weighted by molar-refractivity contribution is 5.89. The van der Waals surface area contributed by atoms with Gasteiger partial charge in [0.15, 0.2) is 0 Å². The van der Waals surface area contributed by atoms with Gasteiger partial charge in [0.1, 0.15) is 5.52 Å². The number of aromatic nitrogens is 2. The molecule has 2 bridgehead atoms. The second-order valence-electron chi connectivity index (χ2n) is 5.33. The van der Waals surface area contributed by atoms with E-state index >= 15 is 0 Å². The van der Waals surface area contributed by atoms with E-state index in [0.29, 0.717) is 12.1 Å². The maximum absolute atomic E-state index is 5.66. The lowest BCUT2D eigenvalue weighted by molar-refractivity contribution is 0.0908. The smallest absolute Gasteiger partial charge is 0.112 e. The van der Waals surface area contributed by atoms with Crippen molar-refractivity contribution >= 4 is 16.7 Å². The molecule has 0 radical (unpaired) electrons. The molecule has 94 valence electrons. The van der Waals surface area contributed by atoms with E-state index in [1.54, 1.807) is 0 Å². The third-order valence-corrected chi connectivity index (χ3v) is 4.25. The first-order valence-corrected chi connectivity index (χ1v) is 6.61. The Morgan fingerprint density at radius 1 is 1.22 bits per heavy atom. The van der Waals surface area contributed by atoms with Crippen LogP contribution in [0.2, 0.25) is 0 Å². The highest BCUT2D eigenvalue weighted by Crippen LogP contribution is 2.37. The highest BCUT2D eigenvalue weighted by atomic mass is 16.5. The fraction of sp³-hybridized carbons (Fsp3) is 0.500. The van der Waals surface area contributed by atoms with Gasteiger partial charge in [-0.15, -0.1) is 0 Å². The number of hydrogen-bond acceptors (Lipinski definition) is 3. The molecule has 2 atom stereocenters. The number of nitrogens with zero attached hydrogens (tertiary/aromatic N) is 3. The molecule has 0 saturated carbocycles. The first-order chi connectivity index (χ1) is 8.84. The summed E-state index contributed by atoms with van der Waals surface area (Å²) in [5.74, 6) is 0. The summed E-state index contributed by atoms with van der Waals surface area (Å²) in [6.45, 7) is 1.72. The first kappa shape index (κ1) is 10.4. The van der Waals surface area contributed by atoms with Crippen LogP contribution in [0.5, 0.6) is 0 Å². The summed E-state index contributed by atoms with van der Waals surface area (Å²) in [7, 11) is 2.05. The molecule has 1 aromatic heterocycles. The summed E-state index contributed by atoms with van der Waals surface area (Å²) < 4.78 is 7.74. The lowest BCUT2D eigenvalue weighted by Gasteiger charge is -2.36. The van der Waals surface area contributed by atoms with Gasteiger partial charge < -0.3 is 14.2 Å². The Morgan fingerprint density at radius 2 is 2.00 bits per heavy atom. The largest absolute Gasteiger partial charge is 0.377 e. The number of rotatable bonds is 1. The average molecular weight is 243 g/mol. The zero-order valence-electron chi connectivity index (χ0n) is 10.5. The van der Waals surface area contributed by atoms with Crippen molar-refractivity contribution in [3.63, 3.8) is 0 Å². The molecule has 2 aromatic rings. The third-order valence-electron chi connectivity index (χ3n) is 4.25. The van der Waals surface area contributed by atoms with E-state index in [-0.39, 0.29) is 0 Å². The van der Waals surface area contributed by atoms with Crippen molar-refractivity contribution in [2.75, 3.05) is 18.1 Å². The molecule has 0 spiro atoms. The van der Waals surface area contributed by atoms with Gasteiger partial charge in [0.2, 0.25) is 0 Å². The van der Waals surface area contributed by atoms with Gasteiger partial charge in [0.05, 0.1) is 42.8 Å². The SMILES string of the molecule is Cn1cnc2c(N3C4CCC3COC4)cccc21. The quantitative estimate of drug-likeness (QED) is 0.767. The van der Waals surface area contributed by atoms with Crippen LogP contribution in [0.1, 0.15) is 12.8 Å². The maximum Gasteiger partial charge on any atom is 0.112 e. The first-order valence-electron chi connectivity index (χ1n) is 6.61. The Labute approximate surface area is 106 Å². The summed E-state index contributed by atoms with van der Waals surface area (Å²) in [5.41, 5.74) is 3.61. The van der Waals surface area contributed by atoms with Gasteiger partial charge in [-0.25, -0.2) is 4.98 Å². The molecule has 0 amide bonds. The Bertz CT molecular complexity index is 576. The fourth-order valence-electron chi connectivity index (χ4n) is 3.37. The lowest BCUT2D eigenvalue weighted by Crippen LogP contribution is -2.46. The molecule has 2 fully saturated rings. The zero-order chi connectivity index (χ0) is 12.1. The number of benzene rings is 1. The number of hydrogen-bond donors (Lipinski definition) is 0. The molecule has 1 aromatic carbocycles. The van der Waals surface area contributed by atoms with Gasteiger partial charge in [-0.05, 0) is 25.0 Å². The van der Waals surface area contributed by atoms with Crippen LogP contribution in [0.3, 0.4) is 0 Å². The van der Waals surface area contributed by atoms with Gasteiger partial charge in [-0.3, -0.25) is 0 Å². The van der Waals surface area contributed by atoms with Crippen molar-refractivity contribution in [2.24, 2.45) is 7.05 Å². The van der Waals surface area contributed by atoms with E-state index in [2.05, 4.69) is 32.7 Å². The van der Waals surface area contributed by atoms with Crippen molar-refractivity contribution in [1.29, 1.82) is 0 Å². The van der Waals surface area contributed by atoms with E-state index in [4.69, 9.17) is 4.74 Å². The van der Waals surface area contributed by atoms with Crippen molar-refractivity contribution < 1.29 is 4.74 Å². The number of imidazole rings is 1. The number of para-hydroxylation sites is 1. The van der Waals surface area contributed by atoms with Crippen LogP contribution in [0.15, 0.2) is 24.5 Å². The third kappa shape index (κ3) is 1.32. The van der Waals surface area contributed by atoms with Crippen LogP contribution in [-0.2, 0) is 11.8 Å². The predicted octanol–water partition coefficient (Wildman–Crippen LogP) is 1.94. The zero-order valence-corrected chi connectivity index (χ0v) is 10.5. The summed E-state index contributed by atoms with van der Waals surface area (Å²) in [6.07, 6.45) is 4.39. The van der Waals surface area contributed by atoms with Crippen molar-refractivity contribution in [3.8, 4) is 0 Å². The van der Waals surface area contributed by atoms with Gasteiger partial charge in [-0.1, -0.05) is 6.07 Å². The summed E-state index contributed by atoms with van der Waals surface area (Å²) >= 11 is 0. The fourth-order valence-corrected chi connectivity index (χ4v) is 3.37. The Kier molecular flexibility index (Phi) is 2.14. The number of ether oxygens (including phenoxy) is 1. The van der Waals surface area contributed by atoms with Crippen LogP contribution in [0.4, 0.5) is 5.69 Å². The minimum absolute atomic E-state index is 0.538. The molecule has 4 heteroatoms. The Balaban J connectivity index is 1.87. The van der Waals surface area contributed by atoms with E-state index in [1.807, 2.05) is 13.4 Å².